The van der Waals surface area contributed by atoms with Gasteiger partial charge in [0.25, 0.3) is 0 Å². The fourth-order valence-electron chi connectivity index (χ4n) is 4.43. The van der Waals surface area contributed by atoms with E-state index in [-0.39, 0.29) is 5.97 Å². The molecular formula is C27H36O3. The lowest BCUT2D eigenvalue weighted by atomic mass is 9.78. The van der Waals surface area contributed by atoms with Crippen molar-refractivity contribution >= 4 is 5.97 Å². The van der Waals surface area contributed by atoms with Crippen LogP contribution in [0.15, 0.2) is 48.5 Å². The molecule has 1 aliphatic carbocycles. The molecule has 0 aromatic heterocycles. The molecule has 2 aromatic rings. The summed E-state index contributed by atoms with van der Waals surface area (Å²) in [4.78, 5) is 12.3. The first-order valence-electron chi connectivity index (χ1n) is 11.7. The average Bonchev–Trinajstić information content (AvgIpc) is 2.79. The number of ether oxygens (including phenoxy) is 2. The van der Waals surface area contributed by atoms with Crippen molar-refractivity contribution in [1.29, 1.82) is 0 Å². The van der Waals surface area contributed by atoms with Crippen molar-refractivity contribution < 1.29 is 14.3 Å². The molecule has 1 fully saturated rings. The van der Waals surface area contributed by atoms with Crippen molar-refractivity contribution in [2.45, 2.75) is 71.6 Å². The topological polar surface area (TPSA) is 35.5 Å². The molecule has 0 heterocycles. The number of rotatable bonds is 10. The van der Waals surface area contributed by atoms with Crippen LogP contribution in [0.25, 0.3) is 0 Å². The van der Waals surface area contributed by atoms with Gasteiger partial charge in [-0.05, 0) is 73.1 Å². The first-order chi connectivity index (χ1) is 14.7. The Morgan fingerprint density at radius 3 is 2.03 bits per heavy atom. The molecule has 3 rings (SSSR count). The molecule has 1 saturated carbocycles. The van der Waals surface area contributed by atoms with Crippen molar-refractivity contribution in [1.82, 2.24) is 0 Å². The molecule has 0 saturated heterocycles. The van der Waals surface area contributed by atoms with Gasteiger partial charge in [-0.15, -0.1) is 0 Å². The van der Waals surface area contributed by atoms with Crippen LogP contribution in [0, 0.1) is 11.8 Å². The van der Waals surface area contributed by atoms with E-state index in [2.05, 4.69) is 13.8 Å². The molecule has 0 bridgehead atoms. The van der Waals surface area contributed by atoms with Crippen molar-refractivity contribution in [3.8, 4) is 11.5 Å². The number of hydrogen-bond acceptors (Lipinski definition) is 3. The number of carbonyl (C=O) groups is 1. The number of carbonyl (C=O) groups excluding carboxylic acids is 1. The van der Waals surface area contributed by atoms with Crippen LogP contribution in [0.1, 0.15) is 81.1 Å². The molecule has 2 aromatic carbocycles. The molecule has 0 amide bonds. The van der Waals surface area contributed by atoms with E-state index in [1.807, 2.05) is 36.4 Å². The summed E-state index contributed by atoms with van der Waals surface area (Å²) in [6.07, 6.45) is 11.7. The fourth-order valence-corrected chi connectivity index (χ4v) is 4.43. The second-order valence-electron chi connectivity index (χ2n) is 8.58. The molecule has 1 aliphatic rings. The highest BCUT2D eigenvalue weighted by atomic mass is 16.5. The van der Waals surface area contributed by atoms with Gasteiger partial charge in [-0.2, -0.15) is 0 Å². The minimum atomic E-state index is -0.343. The molecule has 3 nitrogen and oxygen atoms in total. The zero-order chi connectivity index (χ0) is 21.2. The molecule has 3 heteroatoms. The molecule has 0 N–H and O–H groups in total. The first-order valence-corrected chi connectivity index (χ1v) is 11.7. The van der Waals surface area contributed by atoms with Crippen molar-refractivity contribution in [2.24, 2.45) is 11.8 Å². The van der Waals surface area contributed by atoms with Gasteiger partial charge in [0, 0.05) is 0 Å². The lowest BCUT2D eigenvalue weighted by Gasteiger charge is -2.28. The van der Waals surface area contributed by atoms with Crippen LogP contribution in [-0.4, -0.2) is 12.6 Å². The Kier molecular flexibility index (Phi) is 8.80. The Labute approximate surface area is 181 Å². The molecule has 0 spiro atoms. The van der Waals surface area contributed by atoms with E-state index < -0.39 is 0 Å². The third-order valence-corrected chi connectivity index (χ3v) is 6.32. The lowest BCUT2D eigenvalue weighted by Crippen LogP contribution is -2.15. The van der Waals surface area contributed by atoms with Crippen LogP contribution in [0.2, 0.25) is 0 Å². The second-order valence-corrected chi connectivity index (χ2v) is 8.58. The minimum Gasteiger partial charge on any atom is -0.494 e. The van der Waals surface area contributed by atoms with Crippen LogP contribution in [0.3, 0.4) is 0 Å². The maximum Gasteiger partial charge on any atom is 0.343 e. The second kappa shape index (κ2) is 11.8. The van der Waals surface area contributed by atoms with E-state index >= 15 is 0 Å². The number of hydrogen-bond donors (Lipinski definition) is 0. The molecule has 0 atom stereocenters. The highest BCUT2D eigenvalue weighted by molar-refractivity contribution is 5.91. The standard InChI is InChI=1S/C27H36O3/c1-3-6-22-8-10-23(11-9-22)7-5-20-29-25-18-14-24(15-19-25)27(28)30-26-16-12-21(4-2)13-17-26/h12-19,22-23H,3-11,20H2,1-2H3. The van der Waals surface area contributed by atoms with E-state index in [1.54, 1.807) is 12.1 Å². The Bertz CT molecular complexity index is 756. The van der Waals surface area contributed by atoms with Gasteiger partial charge in [-0.1, -0.05) is 64.5 Å². The molecule has 0 unspecified atom stereocenters. The van der Waals surface area contributed by atoms with Gasteiger partial charge in [0.2, 0.25) is 0 Å². The number of aryl methyl sites for hydroxylation is 1. The van der Waals surface area contributed by atoms with E-state index in [4.69, 9.17) is 9.47 Å². The highest BCUT2D eigenvalue weighted by Gasteiger charge is 2.20. The van der Waals surface area contributed by atoms with Crippen LogP contribution in [-0.2, 0) is 6.42 Å². The zero-order valence-electron chi connectivity index (χ0n) is 18.6. The summed E-state index contributed by atoms with van der Waals surface area (Å²) in [5.41, 5.74) is 1.76. The smallest absolute Gasteiger partial charge is 0.343 e. The molecule has 0 aliphatic heterocycles. The quantitative estimate of drug-likeness (QED) is 0.236. The van der Waals surface area contributed by atoms with E-state index in [1.165, 1.54) is 50.5 Å². The number of esters is 1. The van der Waals surface area contributed by atoms with Crippen LogP contribution in [0.4, 0.5) is 0 Å². The summed E-state index contributed by atoms with van der Waals surface area (Å²) < 4.78 is 11.3. The number of benzene rings is 2. The molecule has 162 valence electrons. The van der Waals surface area contributed by atoms with Gasteiger partial charge in [0.05, 0.1) is 12.2 Å². The van der Waals surface area contributed by atoms with E-state index in [0.717, 1.165) is 37.0 Å². The summed E-state index contributed by atoms with van der Waals surface area (Å²) in [5.74, 6) is 2.89. The van der Waals surface area contributed by atoms with Crippen molar-refractivity contribution in [2.75, 3.05) is 6.61 Å². The van der Waals surface area contributed by atoms with Crippen LogP contribution < -0.4 is 9.47 Å². The monoisotopic (exact) mass is 408 g/mol. The summed E-state index contributed by atoms with van der Waals surface area (Å²) in [7, 11) is 0. The van der Waals surface area contributed by atoms with Gasteiger partial charge < -0.3 is 9.47 Å². The van der Waals surface area contributed by atoms with Crippen molar-refractivity contribution in [3.63, 3.8) is 0 Å². The normalized spacial score (nSPS) is 18.7. The zero-order valence-corrected chi connectivity index (χ0v) is 18.6. The summed E-state index contributed by atoms with van der Waals surface area (Å²) >= 11 is 0. The third-order valence-electron chi connectivity index (χ3n) is 6.32. The first kappa shape index (κ1) is 22.4. The van der Waals surface area contributed by atoms with E-state index in [0.29, 0.717) is 11.3 Å². The third kappa shape index (κ3) is 6.90. The van der Waals surface area contributed by atoms with Gasteiger partial charge in [-0.25, -0.2) is 4.79 Å². The predicted octanol–water partition coefficient (Wildman–Crippen LogP) is 7.23. The Morgan fingerprint density at radius 1 is 0.833 bits per heavy atom. The SMILES string of the molecule is CCCC1CCC(CCCOc2ccc(C(=O)Oc3ccc(CC)cc3)cc2)CC1. The maximum absolute atomic E-state index is 12.3. The fraction of sp³-hybridized carbons (Fsp3) is 0.519. The summed E-state index contributed by atoms with van der Waals surface area (Å²) in [5, 5.41) is 0. The summed E-state index contributed by atoms with van der Waals surface area (Å²) in [6.45, 7) is 5.13. The predicted molar refractivity (Wildman–Crippen MR) is 122 cm³/mol. The highest BCUT2D eigenvalue weighted by Crippen LogP contribution is 2.33. The average molecular weight is 409 g/mol. The minimum absolute atomic E-state index is 0.343. The summed E-state index contributed by atoms with van der Waals surface area (Å²) in [6, 6.07) is 14.9. The Balaban J connectivity index is 1.36. The van der Waals surface area contributed by atoms with Crippen molar-refractivity contribution in [3.05, 3.63) is 59.7 Å². The molecular weight excluding hydrogens is 372 g/mol. The maximum atomic E-state index is 12.3. The Hall–Kier alpha value is -2.29. The lowest BCUT2D eigenvalue weighted by molar-refractivity contribution is 0.0734. The van der Waals surface area contributed by atoms with Crippen LogP contribution >= 0.6 is 0 Å². The van der Waals surface area contributed by atoms with E-state index in [9.17, 15) is 4.79 Å². The van der Waals surface area contributed by atoms with Gasteiger partial charge in [0.1, 0.15) is 11.5 Å². The van der Waals surface area contributed by atoms with Gasteiger partial charge >= 0.3 is 5.97 Å². The van der Waals surface area contributed by atoms with Gasteiger partial charge in [-0.3, -0.25) is 0 Å². The molecule has 0 radical (unpaired) electrons. The largest absolute Gasteiger partial charge is 0.494 e. The molecule has 30 heavy (non-hydrogen) atoms. The Morgan fingerprint density at radius 2 is 1.43 bits per heavy atom. The van der Waals surface area contributed by atoms with Gasteiger partial charge in [0.15, 0.2) is 0 Å². The van der Waals surface area contributed by atoms with Crippen LogP contribution in [0.5, 0.6) is 11.5 Å².